The van der Waals surface area contributed by atoms with Crippen molar-refractivity contribution in [1.82, 2.24) is 19.9 Å². The molecule has 0 aliphatic carbocycles. The van der Waals surface area contributed by atoms with Gasteiger partial charge in [-0.05, 0) is 36.1 Å². The molecule has 0 atom stereocenters. The van der Waals surface area contributed by atoms with E-state index in [-0.39, 0.29) is 0 Å². The van der Waals surface area contributed by atoms with Crippen LogP contribution in [0.1, 0.15) is 21.5 Å². The number of nitrogens with one attached hydrogen (secondary N) is 2. The number of carbonyl (C=O) groups is 1. The number of anilines is 2. The zero-order chi connectivity index (χ0) is 19.6. The van der Waals surface area contributed by atoms with Crippen LogP contribution in [0.25, 0.3) is 0 Å². The summed E-state index contributed by atoms with van der Waals surface area (Å²) in [5, 5.41) is 6.39. The Morgan fingerprint density at radius 2 is 1.46 bits per heavy atom. The Hall–Kier alpha value is -3.55. The van der Waals surface area contributed by atoms with Crippen LogP contribution in [-0.2, 0) is 17.6 Å². The second kappa shape index (κ2) is 9.96. The first-order valence-electron chi connectivity index (χ1n) is 8.97. The van der Waals surface area contributed by atoms with Crippen LogP contribution >= 0.6 is 0 Å². The predicted octanol–water partition coefficient (Wildman–Crippen LogP) is 2.36. The zero-order valence-corrected chi connectivity index (χ0v) is 15.6. The quantitative estimate of drug-likeness (QED) is 0.547. The van der Waals surface area contributed by atoms with E-state index < -0.39 is 5.97 Å². The van der Waals surface area contributed by atoms with Gasteiger partial charge in [0.05, 0.1) is 7.11 Å². The van der Waals surface area contributed by atoms with Crippen LogP contribution in [0.2, 0.25) is 0 Å². The summed E-state index contributed by atoms with van der Waals surface area (Å²) in [5.74, 6) is 0.387. The van der Waals surface area contributed by atoms with Crippen LogP contribution in [0.4, 0.5) is 11.6 Å². The molecule has 0 unspecified atom stereocenters. The molecule has 0 aliphatic heterocycles. The molecule has 0 fully saturated rings. The maximum absolute atomic E-state index is 12.3. The van der Waals surface area contributed by atoms with Crippen molar-refractivity contribution in [2.45, 2.75) is 12.8 Å². The smallest absolute Gasteiger partial charge is 0.345 e. The fourth-order valence-corrected chi connectivity index (χ4v) is 2.69. The molecule has 0 saturated heterocycles. The van der Waals surface area contributed by atoms with Crippen LogP contribution < -0.4 is 10.6 Å². The molecule has 8 nitrogen and oxygen atoms in total. The van der Waals surface area contributed by atoms with Crippen LogP contribution in [0.5, 0.6) is 0 Å². The minimum atomic E-state index is -0.492. The number of rotatable bonds is 9. The molecule has 0 radical (unpaired) electrons. The summed E-state index contributed by atoms with van der Waals surface area (Å²) in [6, 6.07) is 7.79. The van der Waals surface area contributed by atoms with Gasteiger partial charge in [0.1, 0.15) is 23.5 Å². The molecule has 3 rings (SSSR count). The molecule has 0 saturated carbocycles. The Kier molecular flexibility index (Phi) is 6.84. The van der Waals surface area contributed by atoms with E-state index in [4.69, 9.17) is 4.74 Å². The van der Waals surface area contributed by atoms with Gasteiger partial charge in [0.25, 0.3) is 0 Å². The Morgan fingerprint density at radius 3 is 1.89 bits per heavy atom. The van der Waals surface area contributed by atoms with Gasteiger partial charge in [0.15, 0.2) is 0 Å². The van der Waals surface area contributed by atoms with Crippen molar-refractivity contribution >= 4 is 17.6 Å². The third-order valence-electron chi connectivity index (χ3n) is 4.09. The van der Waals surface area contributed by atoms with Gasteiger partial charge in [-0.3, -0.25) is 9.97 Å². The molecule has 2 N–H and O–H groups in total. The average Bonchev–Trinajstić information content (AvgIpc) is 2.75. The Morgan fingerprint density at radius 1 is 0.929 bits per heavy atom. The molecular formula is C20H22N6O2. The maximum Gasteiger partial charge on any atom is 0.345 e. The number of nitrogens with zero attached hydrogens (tertiary/aromatic N) is 4. The minimum absolute atomic E-state index is 0.294. The van der Waals surface area contributed by atoms with E-state index in [9.17, 15) is 4.79 Å². The van der Waals surface area contributed by atoms with Gasteiger partial charge in [-0.2, -0.15) is 0 Å². The lowest BCUT2D eigenvalue weighted by Gasteiger charge is -2.14. The molecule has 0 bridgehead atoms. The van der Waals surface area contributed by atoms with Crippen molar-refractivity contribution in [3.05, 3.63) is 72.1 Å². The third kappa shape index (κ3) is 5.23. The summed E-state index contributed by atoms with van der Waals surface area (Å²) in [6.45, 7) is 1.20. The summed E-state index contributed by atoms with van der Waals surface area (Å²) in [6.07, 6.45) is 10.0. The molecule has 3 aromatic rings. The predicted molar refractivity (Wildman–Crippen MR) is 106 cm³/mol. The van der Waals surface area contributed by atoms with E-state index in [1.165, 1.54) is 13.4 Å². The van der Waals surface area contributed by atoms with Gasteiger partial charge >= 0.3 is 5.97 Å². The van der Waals surface area contributed by atoms with Crippen molar-refractivity contribution in [2.24, 2.45) is 0 Å². The van der Waals surface area contributed by atoms with Gasteiger partial charge in [-0.1, -0.05) is 12.1 Å². The lowest BCUT2D eigenvalue weighted by atomic mass is 10.2. The number of carbonyl (C=O) groups excluding carboxylic acids is 1. The van der Waals surface area contributed by atoms with Crippen molar-refractivity contribution in [3.8, 4) is 0 Å². The van der Waals surface area contributed by atoms with Crippen molar-refractivity contribution in [3.63, 3.8) is 0 Å². The van der Waals surface area contributed by atoms with Gasteiger partial charge in [-0.15, -0.1) is 0 Å². The van der Waals surface area contributed by atoms with Crippen molar-refractivity contribution in [2.75, 3.05) is 30.8 Å². The molecule has 28 heavy (non-hydrogen) atoms. The van der Waals surface area contributed by atoms with E-state index in [0.717, 1.165) is 24.0 Å². The van der Waals surface area contributed by atoms with Gasteiger partial charge in [0.2, 0.25) is 0 Å². The van der Waals surface area contributed by atoms with Gasteiger partial charge < -0.3 is 15.4 Å². The summed E-state index contributed by atoms with van der Waals surface area (Å²) in [5.41, 5.74) is 2.49. The Bertz CT molecular complexity index is 826. The van der Waals surface area contributed by atoms with E-state index in [1.807, 2.05) is 36.7 Å². The number of pyridine rings is 2. The van der Waals surface area contributed by atoms with E-state index in [0.29, 0.717) is 30.3 Å². The van der Waals surface area contributed by atoms with Crippen LogP contribution in [-0.4, -0.2) is 46.1 Å². The first kappa shape index (κ1) is 19.2. The molecule has 0 amide bonds. The molecule has 0 aromatic carbocycles. The zero-order valence-electron chi connectivity index (χ0n) is 15.6. The fourth-order valence-electron chi connectivity index (χ4n) is 2.69. The average molecular weight is 378 g/mol. The maximum atomic E-state index is 12.3. The largest absolute Gasteiger partial charge is 0.465 e. The Balaban J connectivity index is 1.67. The molecule has 144 valence electrons. The second-order valence-electron chi connectivity index (χ2n) is 6.01. The highest BCUT2D eigenvalue weighted by Gasteiger charge is 2.19. The second-order valence-corrected chi connectivity index (χ2v) is 6.01. The number of esters is 1. The first-order chi connectivity index (χ1) is 13.8. The van der Waals surface area contributed by atoms with Crippen LogP contribution in [0, 0.1) is 0 Å². The number of hydrogen-bond acceptors (Lipinski definition) is 8. The minimum Gasteiger partial charge on any atom is -0.465 e. The van der Waals surface area contributed by atoms with Gasteiger partial charge in [-0.25, -0.2) is 14.8 Å². The monoisotopic (exact) mass is 378 g/mol. The highest BCUT2D eigenvalue weighted by molar-refractivity contribution is 5.99. The number of hydrogen-bond donors (Lipinski definition) is 2. The molecule has 3 aromatic heterocycles. The summed E-state index contributed by atoms with van der Waals surface area (Å²) >= 11 is 0. The van der Waals surface area contributed by atoms with Crippen LogP contribution in [0.15, 0.2) is 55.4 Å². The third-order valence-corrected chi connectivity index (χ3v) is 4.09. The topological polar surface area (TPSA) is 102 Å². The molecule has 0 spiro atoms. The molecule has 8 heteroatoms. The van der Waals surface area contributed by atoms with Crippen molar-refractivity contribution in [1.29, 1.82) is 0 Å². The van der Waals surface area contributed by atoms with Crippen LogP contribution in [0.3, 0.4) is 0 Å². The highest BCUT2D eigenvalue weighted by Crippen LogP contribution is 2.21. The normalized spacial score (nSPS) is 10.3. The van der Waals surface area contributed by atoms with Crippen molar-refractivity contribution < 1.29 is 9.53 Å². The lowest BCUT2D eigenvalue weighted by Crippen LogP contribution is -2.17. The standard InChI is InChI=1S/C20H22N6O2/c1-28-20(27)17-18(23-10-6-15-4-2-8-21-12-15)25-14-26-19(17)24-11-7-16-5-3-9-22-13-16/h2-5,8-9,12-14H,6-7,10-11H2,1H3,(H2,23,24,25,26). The fraction of sp³-hybridized carbons (Fsp3) is 0.250. The first-order valence-corrected chi connectivity index (χ1v) is 8.97. The summed E-state index contributed by atoms with van der Waals surface area (Å²) in [4.78, 5) is 29.0. The SMILES string of the molecule is COC(=O)c1c(NCCc2cccnc2)ncnc1NCCc1cccnc1. The Labute approximate surface area is 163 Å². The molecule has 3 heterocycles. The highest BCUT2D eigenvalue weighted by atomic mass is 16.5. The lowest BCUT2D eigenvalue weighted by molar-refractivity contribution is 0.0602. The molecular weight excluding hydrogens is 356 g/mol. The van der Waals surface area contributed by atoms with E-state index in [2.05, 4.69) is 30.6 Å². The number of methoxy groups -OCH3 is 1. The van der Waals surface area contributed by atoms with E-state index in [1.54, 1.807) is 12.4 Å². The number of ether oxygens (including phenoxy) is 1. The summed E-state index contributed by atoms with van der Waals surface area (Å²) < 4.78 is 4.93. The van der Waals surface area contributed by atoms with E-state index >= 15 is 0 Å². The molecule has 0 aliphatic rings. The van der Waals surface area contributed by atoms with Gasteiger partial charge in [0, 0.05) is 37.9 Å². The number of aromatic nitrogens is 4. The summed E-state index contributed by atoms with van der Waals surface area (Å²) in [7, 11) is 1.34.